The highest BCUT2D eigenvalue weighted by Crippen LogP contribution is 2.31. The molecule has 166 valence electrons. The Labute approximate surface area is 198 Å². The van der Waals surface area contributed by atoms with Crippen LogP contribution in [0.2, 0.25) is 0 Å². The quantitative estimate of drug-likeness (QED) is 0.347. The van der Waals surface area contributed by atoms with Gasteiger partial charge >= 0.3 is 0 Å². The van der Waals surface area contributed by atoms with E-state index in [4.69, 9.17) is 4.99 Å². The fraction of sp³-hybridized carbons (Fsp3) is 0.667. The zero-order valence-corrected chi connectivity index (χ0v) is 20.6. The summed E-state index contributed by atoms with van der Waals surface area (Å²) >= 11 is 0. The molecule has 5 nitrogen and oxygen atoms in total. The van der Waals surface area contributed by atoms with Crippen LogP contribution >= 0.6 is 24.0 Å². The van der Waals surface area contributed by atoms with Crippen molar-refractivity contribution in [2.24, 2.45) is 10.9 Å². The van der Waals surface area contributed by atoms with Crippen LogP contribution < -0.4 is 10.6 Å². The highest BCUT2D eigenvalue weighted by atomic mass is 127. The lowest BCUT2D eigenvalue weighted by Gasteiger charge is -2.25. The van der Waals surface area contributed by atoms with E-state index in [9.17, 15) is 4.79 Å². The molecule has 2 aliphatic carbocycles. The average molecular weight is 524 g/mol. The first kappa shape index (κ1) is 23.4. The SMILES string of the molecule is CCNC(=NCC1CCCc2ccccc21)NC1CCN(C(=O)C2CCCC2)C1.I. The number of hydrogen-bond donors (Lipinski definition) is 2. The molecule has 6 heteroatoms. The lowest BCUT2D eigenvalue weighted by molar-refractivity contribution is -0.134. The molecule has 0 spiro atoms. The van der Waals surface area contributed by atoms with Gasteiger partial charge in [0.15, 0.2) is 5.96 Å². The number of fused-ring (bicyclic) bond motifs is 1. The molecular weight excluding hydrogens is 487 g/mol. The molecular formula is C24H37IN4O. The predicted molar refractivity (Wildman–Crippen MR) is 134 cm³/mol. The second-order valence-corrected chi connectivity index (χ2v) is 8.90. The number of aliphatic imine (C=N–C) groups is 1. The smallest absolute Gasteiger partial charge is 0.225 e. The zero-order valence-electron chi connectivity index (χ0n) is 18.2. The predicted octanol–water partition coefficient (Wildman–Crippen LogP) is 4.07. The molecule has 1 saturated heterocycles. The van der Waals surface area contributed by atoms with Gasteiger partial charge in [0.1, 0.15) is 0 Å². The number of aryl methyl sites for hydroxylation is 1. The van der Waals surface area contributed by atoms with Crippen molar-refractivity contribution in [2.75, 3.05) is 26.2 Å². The van der Waals surface area contributed by atoms with Gasteiger partial charge in [-0.1, -0.05) is 37.1 Å². The Balaban J connectivity index is 0.00000256. The Kier molecular flexibility index (Phi) is 8.84. The van der Waals surface area contributed by atoms with Gasteiger partial charge in [0, 0.05) is 44.1 Å². The highest BCUT2D eigenvalue weighted by molar-refractivity contribution is 14.0. The molecule has 1 amide bonds. The van der Waals surface area contributed by atoms with Crippen molar-refractivity contribution in [2.45, 2.75) is 70.3 Å². The molecule has 2 atom stereocenters. The van der Waals surface area contributed by atoms with Crippen LogP contribution in [-0.4, -0.2) is 49.0 Å². The van der Waals surface area contributed by atoms with Crippen LogP contribution in [0.1, 0.15) is 68.9 Å². The number of nitrogens with one attached hydrogen (secondary N) is 2. The van der Waals surface area contributed by atoms with Crippen molar-refractivity contribution in [3.63, 3.8) is 0 Å². The monoisotopic (exact) mass is 524 g/mol. The number of likely N-dealkylation sites (tertiary alicyclic amines) is 1. The molecule has 2 N–H and O–H groups in total. The van der Waals surface area contributed by atoms with Gasteiger partial charge < -0.3 is 15.5 Å². The van der Waals surface area contributed by atoms with Crippen molar-refractivity contribution in [1.29, 1.82) is 0 Å². The van der Waals surface area contributed by atoms with Gasteiger partial charge in [0.05, 0.1) is 0 Å². The van der Waals surface area contributed by atoms with Crippen molar-refractivity contribution >= 4 is 35.8 Å². The van der Waals surface area contributed by atoms with Crippen molar-refractivity contribution < 1.29 is 4.79 Å². The van der Waals surface area contributed by atoms with Crippen molar-refractivity contribution in [1.82, 2.24) is 15.5 Å². The Bertz CT molecular complexity index is 732. The van der Waals surface area contributed by atoms with Crippen LogP contribution in [0.3, 0.4) is 0 Å². The van der Waals surface area contributed by atoms with Crippen LogP contribution in [0.5, 0.6) is 0 Å². The number of carbonyl (C=O) groups excluding carboxylic acids is 1. The fourth-order valence-corrected chi connectivity index (χ4v) is 5.27. The first-order valence-corrected chi connectivity index (χ1v) is 11.7. The highest BCUT2D eigenvalue weighted by Gasteiger charge is 2.32. The summed E-state index contributed by atoms with van der Waals surface area (Å²) in [5.74, 6) is 2.07. The molecule has 4 rings (SSSR count). The van der Waals surface area contributed by atoms with E-state index in [1.165, 1.54) is 43.2 Å². The number of halogens is 1. The topological polar surface area (TPSA) is 56.7 Å². The Morgan fingerprint density at radius 2 is 1.93 bits per heavy atom. The van der Waals surface area contributed by atoms with Gasteiger partial charge in [0.25, 0.3) is 0 Å². The normalized spacial score (nSPS) is 24.3. The average Bonchev–Trinajstić information content (AvgIpc) is 3.44. The van der Waals surface area contributed by atoms with Crippen LogP contribution in [0.4, 0.5) is 0 Å². The second kappa shape index (κ2) is 11.3. The van der Waals surface area contributed by atoms with Crippen molar-refractivity contribution in [3.8, 4) is 0 Å². The van der Waals surface area contributed by atoms with Crippen molar-refractivity contribution in [3.05, 3.63) is 35.4 Å². The molecule has 1 saturated carbocycles. The van der Waals surface area contributed by atoms with E-state index >= 15 is 0 Å². The van der Waals surface area contributed by atoms with Crippen LogP contribution in [0.15, 0.2) is 29.3 Å². The van der Waals surface area contributed by atoms with E-state index in [0.29, 0.717) is 17.9 Å². The maximum Gasteiger partial charge on any atom is 0.225 e. The third kappa shape index (κ3) is 5.68. The van der Waals surface area contributed by atoms with E-state index in [-0.39, 0.29) is 29.9 Å². The van der Waals surface area contributed by atoms with E-state index in [2.05, 4.69) is 46.7 Å². The molecule has 2 unspecified atom stereocenters. The lowest BCUT2D eigenvalue weighted by atomic mass is 9.83. The third-order valence-electron chi connectivity index (χ3n) is 6.85. The number of rotatable bonds is 5. The van der Waals surface area contributed by atoms with Gasteiger partial charge in [0.2, 0.25) is 5.91 Å². The van der Waals surface area contributed by atoms with Gasteiger partial charge in [-0.3, -0.25) is 9.79 Å². The van der Waals surface area contributed by atoms with E-state index in [0.717, 1.165) is 51.4 Å². The number of carbonyl (C=O) groups is 1. The molecule has 1 aromatic rings. The summed E-state index contributed by atoms with van der Waals surface area (Å²) < 4.78 is 0. The van der Waals surface area contributed by atoms with Crippen LogP contribution in [0, 0.1) is 5.92 Å². The van der Waals surface area contributed by atoms with E-state index in [1.54, 1.807) is 0 Å². The summed E-state index contributed by atoms with van der Waals surface area (Å²) in [6.07, 6.45) is 9.27. The second-order valence-electron chi connectivity index (χ2n) is 8.90. The number of benzene rings is 1. The van der Waals surface area contributed by atoms with Gasteiger partial charge in [-0.15, -0.1) is 24.0 Å². The largest absolute Gasteiger partial charge is 0.357 e. The maximum atomic E-state index is 12.7. The van der Waals surface area contributed by atoms with Gasteiger partial charge in [-0.2, -0.15) is 0 Å². The van der Waals surface area contributed by atoms with Gasteiger partial charge in [-0.25, -0.2) is 0 Å². The van der Waals surface area contributed by atoms with E-state index < -0.39 is 0 Å². The molecule has 1 heterocycles. The first-order valence-electron chi connectivity index (χ1n) is 11.7. The third-order valence-corrected chi connectivity index (χ3v) is 6.85. The summed E-state index contributed by atoms with van der Waals surface area (Å²) in [4.78, 5) is 19.7. The number of hydrogen-bond acceptors (Lipinski definition) is 2. The summed E-state index contributed by atoms with van der Waals surface area (Å²) in [6, 6.07) is 9.15. The standard InChI is InChI=1S/C24H36N4O.HI/c1-2-25-24(26-16-20-12-7-11-18-8-5-6-13-22(18)20)27-21-14-15-28(17-21)23(29)19-9-3-4-10-19;/h5-6,8,13,19-21H,2-4,7,9-12,14-17H2,1H3,(H2,25,26,27);1H. The molecule has 2 fully saturated rings. The summed E-state index contributed by atoms with van der Waals surface area (Å²) in [5, 5.41) is 7.01. The lowest BCUT2D eigenvalue weighted by Crippen LogP contribution is -2.45. The molecule has 30 heavy (non-hydrogen) atoms. The molecule has 1 aliphatic heterocycles. The minimum atomic E-state index is 0. The van der Waals surface area contributed by atoms with Crippen LogP contribution in [0.25, 0.3) is 0 Å². The molecule has 0 radical (unpaired) electrons. The minimum Gasteiger partial charge on any atom is -0.357 e. The summed E-state index contributed by atoms with van der Waals surface area (Å²) in [7, 11) is 0. The first-order chi connectivity index (χ1) is 14.2. The Morgan fingerprint density at radius 1 is 1.13 bits per heavy atom. The van der Waals surface area contributed by atoms with Crippen LogP contribution in [-0.2, 0) is 11.2 Å². The molecule has 0 aromatic heterocycles. The number of nitrogens with zero attached hydrogens (tertiary/aromatic N) is 2. The number of guanidine groups is 1. The van der Waals surface area contributed by atoms with E-state index in [1.807, 2.05) is 0 Å². The Hall–Kier alpha value is -1.31. The molecule has 0 bridgehead atoms. The van der Waals surface area contributed by atoms with Gasteiger partial charge in [-0.05, 0) is 56.6 Å². The minimum absolute atomic E-state index is 0. The summed E-state index contributed by atoms with van der Waals surface area (Å²) in [5.41, 5.74) is 2.97. The Morgan fingerprint density at radius 3 is 2.73 bits per heavy atom. The fourth-order valence-electron chi connectivity index (χ4n) is 5.27. The zero-order chi connectivity index (χ0) is 20.1. The number of amides is 1. The molecule has 1 aromatic carbocycles. The summed E-state index contributed by atoms with van der Waals surface area (Å²) in [6.45, 7) is 5.47. The maximum absolute atomic E-state index is 12.7. The molecule has 3 aliphatic rings.